The molecule has 0 aliphatic carbocycles. The zero-order valence-electron chi connectivity index (χ0n) is 11.0. The minimum Gasteiger partial charge on any atom is -0.310 e. The summed E-state index contributed by atoms with van der Waals surface area (Å²) in [7, 11) is 0. The van der Waals surface area contributed by atoms with Gasteiger partial charge in [0.15, 0.2) is 0 Å². The average Bonchev–Trinajstić information content (AvgIpc) is 2.76. The van der Waals surface area contributed by atoms with Crippen LogP contribution in [0.5, 0.6) is 0 Å². The van der Waals surface area contributed by atoms with Crippen LogP contribution in [-0.2, 0) is 13.0 Å². The summed E-state index contributed by atoms with van der Waals surface area (Å²) in [5.74, 6) is 0. The monoisotopic (exact) mass is 401 g/mol. The van der Waals surface area contributed by atoms with E-state index in [9.17, 15) is 0 Å². The fraction of sp³-hybridized carbons (Fsp3) is 0.333. The SMILES string of the molecule is Cc1ccc(CC(C)NCc2ccc(Br)c(Br)c2)s1. The topological polar surface area (TPSA) is 12.0 Å². The molecule has 0 saturated heterocycles. The Morgan fingerprint density at radius 1 is 1.16 bits per heavy atom. The van der Waals surface area contributed by atoms with E-state index < -0.39 is 0 Å². The van der Waals surface area contributed by atoms with Gasteiger partial charge in [-0.2, -0.15) is 0 Å². The molecule has 1 atom stereocenters. The highest BCUT2D eigenvalue weighted by Gasteiger charge is 2.06. The molecule has 1 heterocycles. The molecule has 0 aliphatic heterocycles. The van der Waals surface area contributed by atoms with Gasteiger partial charge in [0.2, 0.25) is 0 Å². The smallest absolute Gasteiger partial charge is 0.0320 e. The van der Waals surface area contributed by atoms with Crippen LogP contribution in [-0.4, -0.2) is 6.04 Å². The van der Waals surface area contributed by atoms with Crippen LogP contribution in [0.25, 0.3) is 0 Å². The zero-order chi connectivity index (χ0) is 13.8. The van der Waals surface area contributed by atoms with Crippen LogP contribution in [0.15, 0.2) is 39.3 Å². The summed E-state index contributed by atoms with van der Waals surface area (Å²) < 4.78 is 2.20. The largest absolute Gasteiger partial charge is 0.310 e. The van der Waals surface area contributed by atoms with E-state index in [4.69, 9.17) is 0 Å². The molecule has 1 N–H and O–H groups in total. The molecule has 4 heteroatoms. The summed E-state index contributed by atoms with van der Waals surface area (Å²) in [5.41, 5.74) is 1.30. The van der Waals surface area contributed by atoms with Crippen molar-refractivity contribution in [3.05, 3.63) is 54.6 Å². The van der Waals surface area contributed by atoms with E-state index in [1.54, 1.807) is 0 Å². The first-order chi connectivity index (χ1) is 9.04. The van der Waals surface area contributed by atoms with Gasteiger partial charge in [0.25, 0.3) is 0 Å². The van der Waals surface area contributed by atoms with Gasteiger partial charge in [0, 0.05) is 31.3 Å². The van der Waals surface area contributed by atoms with Crippen LogP contribution in [0, 0.1) is 6.92 Å². The maximum absolute atomic E-state index is 3.57. The standard InChI is InChI=1S/C15H17Br2NS/c1-10(7-13-5-3-11(2)19-13)18-9-12-4-6-14(16)15(17)8-12/h3-6,8,10,18H,7,9H2,1-2H3. The molecule has 1 aromatic heterocycles. The van der Waals surface area contributed by atoms with Crippen molar-refractivity contribution in [2.75, 3.05) is 0 Å². The van der Waals surface area contributed by atoms with Crippen LogP contribution in [0.3, 0.4) is 0 Å². The van der Waals surface area contributed by atoms with E-state index in [0.29, 0.717) is 6.04 Å². The quantitative estimate of drug-likeness (QED) is 0.715. The number of halogens is 2. The van der Waals surface area contributed by atoms with Crippen molar-refractivity contribution >= 4 is 43.2 Å². The van der Waals surface area contributed by atoms with E-state index in [0.717, 1.165) is 21.9 Å². The van der Waals surface area contributed by atoms with Crippen molar-refractivity contribution < 1.29 is 0 Å². The van der Waals surface area contributed by atoms with E-state index in [2.05, 4.69) is 81.4 Å². The number of aryl methyl sites for hydroxylation is 1. The number of rotatable bonds is 5. The molecule has 19 heavy (non-hydrogen) atoms. The van der Waals surface area contributed by atoms with Gasteiger partial charge in [-0.05, 0) is 82.0 Å². The molecule has 0 radical (unpaired) electrons. The second kappa shape index (κ2) is 7.02. The van der Waals surface area contributed by atoms with Crippen LogP contribution in [0.2, 0.25) is 0 Å². The number of hydrogen-bond acceptors (Lipinski definition) is 2. The molecular weight excluding hydrogens is 386 g/mol. The van der Waals surface area contributed by atoms with Crippen molar-refractivity contribution in [2.45, 2.75) is 32.9 Å². The first-order valence-electron chi connectivity index (χ1n) is 6.27. The second-order valence-electron chi connectivity index (χ2n) is 4.75. The molecule has 0 fully saturated rings. The third kappa shape index (κ3) is 4.71. The van der Waals surface area contributed by atoms with Crippen LogP contribution in [0.4, 0.5) is 0 Å². The van der Waals surface area contributed by atoms with Gasteiger partial charge < -0.3 is 5.32 Å². The molecule has 2 aromatic rings. The fourth-order valence-electron chi connectivity index (χ4n) is 1.91. The number of thiophene rings is 1. The van der Waals surface area contributed by atoms with Gasteiger partial charge in [0.05, 0.1) is 0 Å². The summed E-state index contributed by atoms with van der Waals surface area (Å²) in [6.45, 7) is 5.30. The first-order valence-corrected chi connectivity index (χ1v) is 8.67. The Hall–Kier alpha value is -0.160. The molecule has 1 aromatic carbocycles. The maximum Gasteiger partial charge on any atom is 0.0320 e. The fourth-order valence-corrected chi connectivity index (χ4v) is 3.60. The third-order valence-corrected chi connectivity index (χ3v) is 5.84. The summed E-state index contributed by atoms with van der Waals surface area (Å²) in [6.07, 6.45) is 1.09. The minimum absolute atomic E-state index is 0.487. The molecule has 2 rings (SSSR count). The number of nitrogens with one attached hydrogen (secondary N) is 1. The first kappa shape index (κ1) is 15.2. The predicted molar refractivity (Wildman–Crippen MR) is 90.9 cm³/mol. The lowest BCUT2D eigenvalue weighted by Crippen LogP contribution is -2.27. The molecule has 0 aliphatic rings. The van der Waals surface area contributed by atoms with Gasteiger partial charge in [0.1, 0.15) is 0 Å². The lowest BCUT2D eigenvalue weighted by molar-refractivity contribution is 0.548. The Balaban J connectivity index is 1.86. The van der Waals surface area contributed by atoms with E-state index >= 15 is 0 Å². The molecule has 1 nitrogen and oxygen atoms in total. The highest BCUT2D eigenvalue weighted by molar-refractivity contribution is 9.13. The summed E-state index contributed by atoms with van der Waals surface area (Å²) in [4.78, 5) is 2.84. The van der Waals surface area contributed by atoms with E-state index in [1.165, 1.54) is 15.3 Å². The van der Waals surface area contributed by atoms with E-state index in [1.807, 2.05) is 11.3 Å². The van der Waals surface area contributed by atoms with Crippen molar-refractivity contribution in [1.82, 2.24) is 5.32 Å². The van der Waals surface area contributed by atoms with Crippen molar-refractivity contribution in [3.8, 4) is 0 Å². The molecule has 0 spiro atoms. The summed E-state index contributed by atoms with van der Waals surface area (Å²) in [6, 6.07) is 11.3. The molecule has 102 valence electrons. The minimum atomic E-state index is 0.487. The van der Waals surface area contributed by atoms with Gasteiger partial charge in [-0.15, -0.1) is 11.3 Å². The molecular formula is C15H17Br2NS. The zero-order valence-corrected chi connectivity index (χ0v) is 15.0. The van der Waals surface area contributed by atoms with Gasteiger partial charge >= 0.3 is 0 Å². The van der Waals surface area contributed by atoms with Crippen LogP contribution in [0.1, 0.15) is 22.2 Å². The summed E-state index contributed by atoms with van der Waals surface area (Å²) >= 11 is 8.92. The highest BCUT2D eigenvalue weighted by Crippen LogP contribution is 2.24. The lowest BCUT2D eigenvalue weighted by Gasteiger charge is -2.13. The average molecular weight is 403 g/mol. The normalized spacial score (nSPS) is 12.6. The highest BCUT2D eigenvalue weighted by atomic mass is 79.9. The van der Waals surface area contributed by atoms with Crippen LogP contribution >= 0.6 is 43.2 Å². The Bertz CT molecular complexity index is 551. The summed E-state index contributed by atoms with van der Waals surface area (Å²) in [5, 5.41) is 3.57. The van der Waals surface area contributed by atoms with Crippen molar-refractivity contribution in [3.63, 3.8) is 0 Å². The van der Waals surface area contributed by atoms with Crippen molar-refractivity contribution in [2.24, 2.45) is 0 Å². The molecule has 0 bridgehead atoms. The van der Waals surface area contributed by atoms with Crippen LogP contribution < -0.4 is 5.32 Å². The van der Waals surface area contributed by atoms with Gasteiger partial charge in [-0.1, -0.05) is 6.07 Å². The number of benzene rings is 1. The Labute approximate surface area is 135 Å². The Morgan fingerprint density at radius 2 is 1.95 bits per heavy atom. The lowest BCUT2D eigenvalue weighted by atomic mass is 10.1. The Kier molecular flexibility index (Phi) is 5.63. The second-order valence-corrected chi connectivity index (χ2v) is 7.83. The molecule has 0 saturated carbocycles. The maximum atomic E-state index is 3.57. The molecule has 1 unspecified atom stereocenters. The van der Waals surface area contributed by atoms with Gasteiger partial charge in [-0.3, -0.25) is 0 Å². The Morgan fingerprint density at radius 3 is 2.58 bits per heavy atom. The van der Waals surface area contributed by atoms with E-state index in [-0.39, 0.29) is 0 Å². The third-order valence-electron chi connectivity index (χ3n) is 2.94. The van der Waals surface area contributed by atoms with Crippen molar-refractivity contribution in [1.29, 1.82) is 0 Å². The predicted octanol–water partition coefficient (Wildman–Crippen LogP) is 5.30. The number of hydrogen-bond donors (Lipinski definition) is 1. The van der Waals surface area contributed by atoms with Gasteiger partial charge in [-0.25, -0.2) is 0 Å². The molecule has 0 amide bonds.